The van der Waals surface area contributed by atoms with Gasteiger partial charge in [0.1, 0.15) is 0 Å². The highest BCUT2D eigenvalue weighted by Crippen LogP contribution is 2.27. The first kappa shape index (κ1) is 23.3. The molecule has 2 fully saturated rings. The number of hydrogen-bond donors (Lipinski definition) is 5. The monoisotopic (exact) mass is 451 g/mol. The average Bonchev–Trinajstić information content (AvgIpc) is 3.50. The fourth-order valence-electron chi connectivity index (χ4n) is 5.18. The van der Waals surface area contributed by atoms with Crippen LogP contribution in [0.2, 0.25) is 0 Å². The van der Waals surface area contributed by atoms with Crippen LogP contribution in [0.25, 0.3) is 0 Å². The van der Waals surface area contributed by atoms with Gasteiger partial charge in [-0.15, -0.1) is 0 Å². The Hall–Kier alpha value is -2.90. The Bertz CT molecular complexity index is 890. The van der Waals surface area contributed by atoms with Crippen LogP contribution in [0.4, 0.5) is 11.4 Å². The van der Waals surface area contributed by atoms with Crippen molar-refractivity contribution in [2.45, 2.75) is 25.7 Å². The summed E-state index contributed by atoms with van der Waals surface area (Å²) >= 11 is 0. The van der Waals surface area contributed by atoms with Crippen molar-refractivity contribution in [3.8, 4) is 0 Å². The number of anilines is 2. The SMILES string of the molecule is O=C(O)[C@@H](Cc1cccc(Nc2cccc(C[C@H](C(=O)O)[C@H]3CCNC3)c2)c1)[C@H]1CCNC1. The molecule has 2 heterocycles. The first-order chi connectivity index (χ1) is 16.0. The van der Waals surface area contributed by atoms with Crippen molar-refractivity contribution in [3.63, 3.8) is 0 Å². The Morgan fingerprint density at radius 3 is 1.64 bits per heavy atom. The molecule has 7 heteroatoms. The van der Waals surface area contributed by atoms with Gasteiger partial charge in [0.15, 0.2) is 0 Å². The van der Waals surface area contributed by atoms with E-state index < -0.39 is 23.8 Å². The quantitative estimate of drug-likeness (QED) is 0.377. The molecule has 0 bridgehead atoms. The molecule has 4 atom stereocenters. The molecule has 2 aliphatic rings. The van der Waals surface area contributed by atoms with Crippen LogP contribution in [0, 0.1) is 23.7 Å². The second-order valence-electron chi connectivity index (χ2n) is 9.33. The van der Waals surface area contributed by atoms with Crippen LogP contribution in [0.15, 0.2) is 48.5 Å². The molecule has 0 radical (unpaired) electrons. The number of nitrogens with one attached hydrogen (secondary N) is 3. The topological polar surface area (TPSA) is 111 Å². The van der Waals surface area contributed by atoms with E-state index >= 15 is 0 Å². The van der Waals surface area contributed by atoms with Crippen LogP contribution >= 0.6 is 0 Å². The van der Waals surface area contributed by atoms with Crippen molar-refractivity contribution in [2.75, 3.05) is 31.5 Å². The molecule has 2 aliphatic heterocycles. The molecule has 0 unspecified atom stereocenters. The molecular weight excluding hydrogens is 418 g/mol. The average molecular weight is 452 g/mol. The Morgan fingerprint density at radius 1 is 0.818 bits per heavy atom. The molecule has 33 heavy (non-hydrogen) atoms. The zero-order chi connectivity index (χ0) is 23.2. The summed E-state index contributed by atoms with van der Waals surface area (Å²) in [5, 5.41) is 29.4. The molecule has 2 saturated heterocycles. The summed E-state index contributed by atoms with van der Waals surface area (Å²) in [5.41, 5.74) is 3.78. The van der Waals surface area contributed by atoms with Crippen molar-refractivity contribution in [3.05, 3.63) is 59.7 Å². The number of aliphatic carboxylic acids is 2. The lowest BCUT2D eigenvalue weighted by Crippen LogP contribution is -2.27. The Balaban J connectivity index is 1.43. The molecule has 2 aromatic rings. The van der Waals surface area contributed by atoms with Gasteiger partial charge in [-0.2, -0.15) is 0 Å². The van der Waals surface area contributed by atoms with E-state index in [1.165, 1.54) is 0 Å². The zero-order valence-electron chi connectivity index (χ0n) is 18.8. The van der Waals surface area contributed by atoms with Gasteiger partial charge in [-0.3, -0.25) is 9.59 Å². The van der Waals surface area contributed by atoms with Crippen LogP contribution in [0.5, 0.6) is 0 Å². The maximum Gasteiger partial charge on any atom is 0.307 e. The van der Waals surface area contributed by atoms with E-state index in [0.717, 1.165) is 61.5 Å². The number of rotatable bonds is 10. The van der Waals surface area contributed by atoms with Crippen LogP contribution in [0.1, 0.15) is 24.0 Å². The summed E-state index contributed by atoms with van der Waals surface area (Å²) in [4.78, 5) is 23.7. The highest BCUT2D eigenvalue weighted by atomic mass is 16.4. The van der Waals surface area contributed by atoms with Crippen molar-refractivity contribution in [1.82, 2.24) is 10.6 Å². The zero-order valence-corrected chi connectivity index (χ0v) is 18.8. The standard InChI is InChI=1S/C26H33N3O4/c30-25(31)23(19-7-9-27-15-19)13-17-3-1-5-21(11-17)29-22-6-2-4-18(12-22)14-24(26(32)33)20-8-10-28-16-20/h1-6,11-12,19-20,23-24,27-29H,7-10,13-16H2,(H,30,31)(H,32,33)/t19-,20-,23-,24-/m0/s1. The predicted octanol–water partition coefficient (Wildman–Crippen LogP) is 3.14. The van der Waals surface area contributed by atoms with Gasteiger partial charge in [0.25, 0.3) is 0 Å². The summed E-state index contributed by atoms with van der Waals surface area (Å²) in [6, 6.07) is 15.8. The highest BCUT2D eigenvalue weighted by molar-refractivity contribution is 5.72. The van der Waals surface area contributed by atoms with Gasteiger partial charge in [-0.25, -0.2) is 0 Å². The van der Waals surface area contributed by atoms with Crippen molar-refractivity contribution >= 4 is 23.3 Å². The summed E-state index contributed by atoms with van der Waals surface area (Å²) in [7, 11) is 0. The van der Waals surface area contributed by atoms with E-state index in [1.54, 1.807) is 0 Å². The van der Waals surface area contributed by atoms with Gasteiger partial charge < -0.3 is 26.2 Å². The Kier molecular flexibility index (Phi) is 7.62. The van der Waals surface area contributed by atoms with E-state index in [9.17, 15) is 19.8 Å². The minimum Gasteiger partial charge on any atom is -0.481 e. The third-order valence-corrected chi connectivity index (χ3v) is 7.02. The number of hydrogen-bond acceptors (Lipinski definition) is 5. The number of benzene rings is 2. The predicted molar refractivity (Wildman–Crippen MR) is 128 cm³/mol. The van der Waals surface area contributed by atoms with E-state index in [4.69, 9.17) is 0 Å². The second kappa shape index (κ2) is 10.8. The lowest BCUT2D eigenvalue weighted by molar-refractivity contribution is -0.144. The van der Waals surface area contributed by atoms with Gasteiger partial charge in [0.05, 0.1) is 11.8 Å². The third-order valence-electron chi connectivity index (χ3n) is 7.02. The number of carbonyl (C=O) groups is 2. The third kappa shape index (κ3) is 6.12. The van der Waals surface area contributed by atoms with E-state index in [2.05, 4.69) is 16.0 Å². The van der Waals surface area contributed by atoms with Crippen molar-refractivity contribution in [1.29, 1.82) is 0 Å². The van der Waals surface area contributed by atoms with Crippen LogP contribution < -0.4 is 16.0 Å². The number of carboxylic acids is 2. The fraction of sp³-hybridized carbons (Fsp3) is 0.462. The minimum absolute atomic E-state index is 0.160. The number of carboxylic acid groups (broad SMARTS) is 2. The maximum atomic E-state index is 11.8. The van der Waals surface area contributed by atoms with E-state index in [0.29, 0.717) is 12.8 Å². The molecule has 2 aromatic carbocycles. The molecule has 0 aliphatic carbocycles. The van der Waals surface area contributed by atoms with Crippen molar-refractivity contribution < 1.29 is 19.8 Å². The lowest BCUT2D eigenvalue weighted by Gasteiger charge is -2.20. The summed E-state index contributed by atoms with van der Waals surface area (Å²) in [6.45, 7) is 3.28. The van der Waals surface area contributed by atoms with Crippen LogP contribution in [-0.2, 0) is 22.4 Å². The van der Waals surface area contributed by atoms with E-state index in [-0.39, 0.29) is 11.8 Å². The first-order valence-electron chi connectivity index (χ1n) is 11.8. The van der Waals surface area contributed by atoms with Crippen LogP contribution in [-0.4, -0.2) is 48.3 Å². The lowest BCUT2D eigenvalue weighted by atomic mass is 9.86. The van der Waals surface area contributed by atoms with E-state index in [1.807, 2.05) is 48.5 Å². The molecule has 4 rings (SSSR count). The summed E-state index contributed by atoms with van der Waals surface area (Å²) in [6.07, 6.45) is 2.81. The molecule has 176 valence electrons. The van der Waals surface area contributed by atoms with Gasteiger partial charge in [-0.1, -0.05) is 24.3 Å². The fourth-order valence-corrected chi connectivity index (χ4v) is 5.18. The normalized spacial score (nSPS) is 22.1. The molecular formula is C26H33N3O4. The molecule has 0 aromatic heterocycles. The molecule has 0 spiro atoms. The van der Waals surface area contributed by atoms with Gasteiger partial charge >= 0.3 is 11.9 Å². The highest BCUT2D eigenvalue weighted by Gasteiger charge is 2.31. The van der Waals surface area contributed by atoms with Crippen molar-refractivity contribution in [2.24, 2.45) is 23.7 Å². The Labute approximate surface area is 194 Å². The van der Waals surface area contributed by atoms with Gasteiger partial charge in [0.2, 0.25) is 0 Å². The first-order valence-corrected chi connectivity index (χ1v) is 11.8. The molecule has 5 N–H and O–H groups in total. The van der Waals surface area contributed by atoms with Gasteiger partial charge in [-0.05, 0) is 99.1 Å². The molecule has 7 nitrogen and oxygen atoms in total. The summed E-state index contributed by atoms with van der Waals surface area (Å²) in [5.74, 6) is -1.94. The van der Waals surface area contributed by atoms with Gasteiger partial charge in [0, 0.05) is 11.4 Å². The van der Waals surface area contributed by atoms with Crippen LogP contribution in [0.3, 0.4) is 0 Å². The minimum atomic E-state index is -0.736. The second-order valence-corrected chi connectivity index (χ2v) is 9.33. The largest absolute Gasteiger partial charge is 0.481 e. The molecule has 0 amide bonds. The smallest absolute Gasteiger partial charge is 0.307 e. The maximum absolute atomic E-state index is 11.8. The summed E-state index contributed by atoms with van der Waals surface area (Å²) < 4.78 is 0. The molecule has 0 saturated carbocycles. The Morgan fingerprint density at radius 2 is 1.27 bits per heavy atom.